The first kappa shape index (κ1) is 17.0. The Balaban J connectivity index is 1.78. The van der Waals surface area contributed by atoms with Crippen LogP contribution in [0.1, 0.15) is 17.5 Å². The highest BCUT2D eigenvalue weighted by molar-refractivity contribution is 6.04. The summed E-state index contributed by atoms with van der Waals surface area (Å²) in [6.45, 7) is 4.17. The van der Waals surface area contributed by atoms with Gasteiger partial charge in [0.2, 0.25) is 11.8 Å². The van der Waals surface area contributed by atoms with Crippen LogP contribution in [0.2, 0.25) is 0 Å². The number of aryl methyl sites for hydroxylation is 2. The Kier molecular flexibility index (Phi) is 4.70. The van der Waals surface area contributed by atoms with Gasteiger partial charge in [0.05, 0.1) is 18.7 Å². The number of nitrogens with zero attached hydrogens (tertiary/aromatic N) is 2. The van der Waals surface area contributed by atoms with Crippen LogP contribution in [0.5, 0.6) is 5.75 Å². The van der Waals surface area contributed by atoms with Crippen molar-refractivity contribution in [1.82, 2.24) is 4.98 Å². The van der Waals surface area contributed by atoms with E-state index < -0.39 is 5.92 Å². The first-order valence-corrected chi connectivity index (χ1v) is 8.17. The molecule has 1 aromatic carbocycles. The molecule has 0 saturated carbocycles. The molecular weight excluding hydrogens is 318 g/mol. The zero-order chi connectivity index (χ0) is 18.0. The quantitative estimate of drug-likeness (QED) is 0.930. The van der Waals surface area contributed by atoms with Gasteiger partial charge in [0.25, 0.3) is 0 Å². The van der Waals surface area contributed by atoms with Gasteiger partial charge in [-0.25, -0.2) is 4.98 Å². The van der Waals surface area contributed by atoms with Gasteiger partial charge in [0.1, 0.15) is 11.6 Å². The predicted molar refractivity (Wildman–Crippen MR) is 95.8 cm³/mol. The zero-order valence-electron chi connectivity index (χ0n) is 14.6. The molecule has 1 aliphatic heterocycles. The number of amides is 2. The standard InChI is InChI=1S/C19H21N3O3/c1-12-6-7-16(25-3)15(9-12)22-11-14(10-17(22)23)19(24)21-18-13(2)5-4-8-20-18/h4-9,14H,10-11H2,1-3H3,(H,20,21,24)/t14-/m0/s1. The number of carbonyl (C=O) groups excluding carboxylic acids is 2. The van der Waals surface area contributed by atoms with Crippen LogP contribution in [0.25, 0.3) is 0 Å². The Hall–Kier alpha value is -2.89. The molecule has 25 heavy (non-hydrogen) atoms. The molecule has 130 valence electrons. The second-order valence-corrected chi connectivity index (χ2v) is 6.24. The molecule has 2 aromatic rings. The zero-order valence-corrected chi connectivity index (χ0v) is 14.6. The van der Waals surface area contributed by atoms with Crippen LogP contribution < -0.4 is 15.0 Å². The number of pyridine rings is 1. The van der Waals surface area contributed by atoms with Crippen LogP contribution >= 0.6 is 0 Å². The molecular formula is C19H21N3O3. The molecule has 1 aliphatic rings. The minimum Gasteiger partial charge on any atom is -0.495 e. The number of hydrogen-bond donors (Lipinski definition) is 1. The van der Waals surface area contributed by atoms with Crippen molar-refractivity contribution in [1.29, 1.82) is 0 Å². The van der Waals surface area contributed by atoms with Gasteiger partial charge < -0.3 is 15.0 Å². The highest BCUT2D eigenvalue weighted by atomic mass is 16.5. The van der Waals surface area contributed by atoms with Crippen molar-refractivity contribution in [2.45, 2.75) is 20.3 Å². The normalized spacial score (nSPS) is 16.8. The second kappa shape index (κ2) is 6.93. The van der Waals surface area contributed by atoms with E-state index in [0.29, 0.717) is 23.8 Å². The van der Waals surface area contributed by atoms with E-state index >= 15 is 0 Å². The van der Waals surface area contributed by atoms with E-state index in [1.165, 1.54) is 0 Å². The van der Waals surface area contributed by atoms with Gasteiger partial charge in [0.15, 0.2) is 0 Å². The Morgan fingerprint density at radius 2 is 2.12 bits per heavy atom. The lowest BCUT2D eigenvalue weighted by Gasteiger charge is -2.20. The van der Waals surface area contributed by atoms with Crippen LogP contribution in [0.3, 0.4) is 0 Å². The van der Waals surface area contributed by atoms with Crippen molar-refractivity contribution in [3.63, 3.8) is 0 Å². The van der Waals surface area contributed by atoms with E-state index in [1.807, 2.05) is 44.2 Å². The number of hydrogen-bond acceptors (Lipinski definition) is 4. The number of aromatic nitrogens is 1. The van der Waals surface area contributed by atoms with Crippen molar-refractivity contribution in [3.05, 3.63) is 47.7 Å². The van der Waals surface area contributed by atoms with E-state index in [0.717, 1.165) is 11.1 Å². The summed E-state index contributed by atoms with van der Waals surface area (Å²) in [6.07, 6.45) is 1.81. The summed E-state index contributed by atoms with van der Waals surface area (Å²) in [4.78, 5) is 30.8. The third-order valence-corrected chi connectivity index (χ3v) is 4.37. The molecule has 6 nitrogen and oxygen atoms in total. The molecule has 3 rings (SSSR count). The average molecular weight is 339 g/mol. The molecule has 6 heteroatoms. The highest BCUT2D eigenvalue weighted by Gasteiger charge is 2.36. The lowest BCUT2D eigenvalue weighted by atomic mass is 10.1. The third kappa shape index (κ3) is 3.47. The van der Waals surface area contributed by atoms with Crippen LogP contribution in [0.15, 0.2) is 36.5 Å². The molecule has 1 saturated heterocycles. The van der Waals surface area contributed by atoms with E-state index in [9.17, 15) is 9.59 Å². The average Bonchev–Trinajstić information content (AvgIpc) is 2.98. The van der Waals surface area contributed by atoms with Gasteiger partial charge in [0, 0.05) is 19.2 Å². The van der Waals surface area contributed by atoms with Crippen molar-refractivity contribution in [2.75, 3.05) is 23.9 Å². The third-order valence-electron chi connectivity index (χ3n) is 4.37. The van der Waals surface area contributed by atoms with Crippen LogP contribution in [-0.2, 0) is 9.59 Å². The van der Waals surface area contributed by atoms with Crippen molar-refractivity contribution < 1.29 is 14.3 Å². The van der Waals surface area contributed by atoms with Gasteiger partial charge >= 0.3 is 0 Å². The number of anilines is 2. The Bertz CT molecular complexity index is 819. The Morgan fingerprint density at radius 3 is 2.84 bits per heavy atom. The maximum absolute atomic E-state index is 12.5. The maximum Gasteiger partial charge on any atom is 0.230 e. The molecule has 2 amide bonds. The first-order chi connectivity index (χ1) is 12.0. The summed E-state index contributed by atoms with van der Waals surface area (Å²) in [6, 6.07) is 9.36. The molecule has 0 aliphatic carbocycles. The molecule has 0 radical (unpaired) electrons. The van der Waals surface area contributed by atoms with Gasteiger partial charge in [-0.2, -0.15) is 0 Å². The van der Waals surface area contributed by atoms with E-state index in [4.69, 9.17) is 4.74 Å². The summed E-state index contributed by atoms with van der Waals surface area (Å²) >= 11 is 0. The molecule has 1 aromatic heterocycles. The molecule has 1 N–H and O–H groups in total. The Labute approximate surface area is 146 Å². The Morgan fingerprint density at radius 1 is 1.32 bits per heavy atom. The number of ether oxygens (including phenoxy) is 1. The summed E-state index contributed by atoms with van der Waals surface area (Å²) in [7, 11) is 1.57. The van der Waals surface area contributed by atoms with Crippen molar-refractivity contribution >= 4 is 23.3 Å². The minimum absolute atomic E-state index is 0.0817. The summed E-state index contributed by atoms with van der Waals surface area (Å²) < 4.78 is 5.36. The molecule has 1 atom stereocenters. The van der Waals surface area contributed by atoms with Gasteiger partial charge in [-0.05, 0) is 43.2 Å². The molecule has 0 unspecified atom stereocenters. The maximum atomic E-state index is 12.5. The molecule has 0 bridgehead atoms. The number of carbonyl (C=O) groups is 2. The number of methoxy groups -OCH3 is 1. The first-order valence-electron chi connectivity index (χ1n) is 8.17. The van der Waals surface area contributed by atoms with E-state index in [1.54, 1.807) is 18.2 Å². The van der Waals surface area contributed by atoms with Crippen LogP contribution in [0, 0.1) is 19.8 Å². The second-order valence-electron chi connectivity index (χ2n) is 6.24. The number of rotatable bonds is 4. The molecule has 2 heterocycles. The van der Waals surface area contributed by atoms with Crippen molar-refractivity contribution in [3.8, 4) is 5.75 Å². The number of nitrogens with one attached hydrogen (secondary N) is 1. The summed E-state index contributed by atoms with van der Waals surface area (Å²) in [5.41, 5.74) is 2.62. The minimum atomic E-state index is -0.417. The van der Waals surface area contributed by atoms with E-state index in [2.05, 4.69) is 10.3 Å². The van der Waals surface area contributed by atoms with Crippen LogP contribution in [0.4, 0.5) is 11.5 Å². The molecule has 0 spiro atoms. The summed E-state index contributed by atoms with van der Waals surface area (Å²) in [5, 5.41) is 2.82. The lowest BCUT2D eigenvalue weighted by Crippen LogP contribution is -2.28. The largest absolute Gasteiger partial charge is 0.495 e. The fourth-order valence-electron chi connectivity index (χ4n) is 2.96. The fourth-order valence-corrected chi connectivity index (χ4v) is 2.96. The lowest BCUT2D eigenvalue weighted by molar-refractivity contribution is -0.122. The monoisotopic (exact) mass is 339 g/mol. The predicted octanol–water partition coefficient (Wildman–Crippen LogP) is 2.70. The van der Waals surface area contributed by atoms with Crippen molar-refractivity contribution in [2.24, 2.45) is 5.92 Å². The smallest absolute Gasteiger partial charge is 0.230 e. The van der Waals surface area contributed by atoms with Crippen LogP contribution in [-0.4, -0.2) is 30.5 Å². The molecule has 1 fully saturated rings. The van der Waals surface area contributed by atoms with Gasteiger partial charge in [-0.3, -0.25) is 9.59 Å². The number of benzene rings is 1. The van der Waals surface area contributed by atoms with Gasteiger partial charge in [-0.1, -0.05) is 12.1 Å². The van der Waals surface area contributed by atoms with Gasteiger partial charge in [-0.15, -0.1) is 0 Å². The SMILES string of the molecule is COc1ccc(C)cc1N1C[C@@H](C(=O)Nc2ncccc2C)CC1=O. The highest BCUT2D eigenvalue weighted by Crippen LogP contribution is 2.34. The van der Waals surface area contributed by atoms with E-state index in [-0.39, 0.29) is 18.2 Å². The summed E-state index contributed by atoms with van der Waals surface area (Å²) in [5.74, 6) is 0.470. The fraction of sp³-hybridized carbons (Fsp3) is 0.316. The topological polar surface area (TPSA) is 71.5 Å².